The van der Waals surface area contributed by atoms with Crippen molar-refractivity contribution < 1.29 is 18.0 Å². The van der Waals surface area contributed by atoms with E-state index < -0.39 is 29.8 Å². The number of rotatable bonds is 6. The van der Waals surface area contributed by atoms with Gasteiger partial charge in [-0.25, -0.2) is 4.68 Å². The van der Waals surface area contributed by atoms with Crippen LogP contribution in [0.1, 0.15) is 37.4 Å². The topological polar surface area (TPSA) is 117 Å². The molecular weight excluding hydrogens is 425 g/mol. The monoisotopic (exact) mass is 446 g/mol. The van der Waals surface area contributed by atoms with Crippen molar-refractivity contribution in [2.75, 3.05) is 5.32 Å². The van der Waals surface area contributed by atoms with Gasteiger partial charge in [-0.3, -0.25) is 25.0 Å². The molecule has 3 rings (SSSR count). The number of amides is 1. The van der Waals surface area contributed by atoms with Gasteiger partial charge in [0.1, 0.15) is 12.0 Å². The molecule has 11 heteroatoms. The molecule has 0 unspecified atom stereocenters. The van der Waals surface area contributed by atoms with Crippen LogP contribution >= 0.6 is 0 Å². The number of aromatic nitrogens is 3. The Hall–Kier alpha value is -3.76. The summed E-state index contributed by atoms with van der Waals surface area (Å²) in [4.78, 5) is 25.4. The summed E-state index contributed by atoms with van der Waals surface area (Å²) in [6, 6.07) is 5.74. The van der Waals surface area contributed by atoms with Crippen molar-refractivity contribution in [3.05, 3.63) is 63.6 Å². The van der Waals surface area contributed by atoms with E-state index in [1.807, 2.05) is 6.92 Å². The maximum atomic E-state index is 13.2. The zero-order valence-electron chi connectivity index (χ0n) is 17.3. The number of carbonyl (C=O) groups is 1. The summed E-state index contributed by atoms with van der Waals surface area (Å²) in [7, 11) is 0. The molecule has 0 saturated heterocycles. The summed E-state index contributed by atoms with van der Waals surface area (Å²) in [5.41, 5.74) is -0.890. The van der Waals surface area contributed by atoms with Gasteiger partial charge in [0.05, 0.1) is 28.7 Å². The van der Waals surface area contributed by atoms with Crippen LogP contribution in [0, 0.1) is 10.8 Å². The lowest BCUT2D eigenvalue weighted by molar-refractivity contribution is -0.137. The number of halogens is 3. The Kier molecular flexibility index (Phi) is 6.28. The Balaban J connectivity index is 2.02. The Morgan fingerprint density at radius 1 is 1.25 bits per heavy atom. The highest BCUT2D eigenvalue weighted by atomic mass is 19.4. The molecule has 3 aromatic rings. The Morgan fingerprint density at radius 2 is 1.97 bits per heavy atom. The second-order valence-corrected chi connectivity index (χ2v) is 7.30. The normalized spacial score (nSPS) is 12.5. The van der Waals surface area contributed by atoms with Crippen LogP contribution < -0.4 is 16.4 Å². The number of anilines is 1. The van der Waals surface area contributed by atoms with Gasteiger partial charge in [-0.05, 0) is 36.8 Å². The Morgan fingerprint density at radius 3 is 2.59 bits per heavy atom. The quantitative estimate of drug-likeness (QED) is 0.398. The van der Waals surface area contributed by atoms with Crippen LogP contribution in [0.2, 0.25) is 0 Å². The van der Waals surface area contributed by atoms with E-state index in [0.29, 0.717) is 17.8 Å². The van der Waals surface area contributed by atoms with Crippen molar-refractivity contribution in [1.82, 2.24) is 14.3 Å². The minimum absolute atomic E-state index is 0.0434. The van der Waals surface area contributed by atoms with Gasteiger partial charge in [0.15, 0.2) is 0 Å². The molecule has 1 atom stereocenters. The number of nitrogens with one attached hydrogen (secondary N) is 3. The van der Waals surface area contributed by atoms with Crippen LogP contribution in [0.4, 0.5) is 18.9 Å². The van der Waals surface area contributed by atoms with Crippen molar-refractivity contribution in [2.24, 2.45) is 0 Å². The van der Waals surface area contributed by atoms with Crippen LogP contribution in [-0.4, -0.2) is 26.6 Å². The second kappa shape index (κ2) is 8.77. The molecule has 1 amide bonds. The van der Waals surface area contributed by atoms with E-state index >= 15 is 0 Å². The van der Waals surface area contributed by atoms with Gasteiger partial charge in [-0.2, -0.15) is 18.3 Å². The molecule has 0 aliphatic rings. The molecule has 8 nitrogen and oxygen atoms in total. The fraction of sp³-hybridized carbons (Fsp3) is 0.286. The lowest BCUT2D eigenvalue weighted by Gasteiger charge is -2.16. The first-order valence-electron chi connectivity index (χ1n) is 9.74. The zero-order chi connectivity index (χ0) is 23.6. The van der Waals surface area contributed by atoms with Crippen molar-refractivity contribution in [3.8, 4) is 0 Å². The van der Waals surface area contributed by atoms with E-state index in [4.69, 9.17) is 10.8 Å². The predicted molar refractivity (Wildman–Crippen MR) is 113 cm³/mol. The molecule has 0 saturated carbocycles. The highest BCUT2D eigenvalue weighted by molar-refractivity contribution is 5.91. The molecule has 0 spiro atoms. The standard InChI is InChI=1S/C21H21F3N6O2/c1-3-12(2)19-16-8-13(21(22,23)24)4-6-15(16)20(32)30(28-19)10-18(31)27-14-5-7-17(26)29(9-14)11-25/h4-9,11-12,25-26H,3,10H2,1-2H3,(H,27,31)/t12-/m0/s1. The van der Waals surface area contributed by atoms with Gasteiger partial charge in [-0.15, -0.1) is 0 Å². The Bertz CT molecular complexity index is 1310. The largest absolute Gasteiger partial charge is 0.416 e. The SMILES string of the molecule is CC[C@H](C)c1nn(CC(=O)Nc2ccc(=N)n(C=N)c2)c(=O)c2ccc(C(F)(F)F)cc12. The Labute approximate surface area is 180 Å². The lowest BCUT2D eigenvalue weighted by atomic mass is 9.98. The predicted octanol–water partition coefficient (Wildman–Crippen LogP) is 3.30. The first-order chi connectivity index (χ1) is 15.0. The third-order valence-electron chi connectivity index (χ3n) is 5.09. The van der Waals surface area contributed by atoms with E-state index in [-0.39, 0.29) is 22.2 Å². The molecule has 0 radical (unpaired) electrons. The summed E-state index contributed by atoms with van der Waals surface area (Å²) >= 11 is 0. The van der Waals surface area contributed by atoms with E-state index in [1.165, 1.54) is 22.9 Å². The fourth-order valence-electron chi connectivity index (χ4n) is 3.19. The van der Waals surface area contributed by atoms with Crippen molar-refractivity contribution >= 4 is 28.7 Å². The van der Waals surface area contributed by atoms with E-state index in [9.17, 15) is 22.8 Å². The van der Waals surface area contributed by atoms with Crippen LogP contribution in [-0.2, 0) is 17.5 Å². The molecule has 32 heavy (non-hydrogen) atoms. The van der Waals surface area contributed by atoms with Gasteiger partial charge in [0.2, 0.25) is 5.91 Å². The number of carbonyl (C=O) groups excluding carboxylic acids is 1. The number of nitrogens with zero attached hydrogens (tertiary/aromatic N) is 3. The number of fused-ring (bicyclic) bond motifs is 1. The van der Waals surface area contributed by atoms with Crippen LogP contribution in [0.5, 0.6) is 0 Å². The summed E-state index contributed by atoms with van der Waals surface area (Å²) in [6.07, 6.45) is -1.71. The number of hydrogen-bond donors (Lipinski definition) is 3. The highest BCUT2D eigenvalue weighted by Crippen LogP contribution is 2.33. The molecule has 168 valence electrons. The fourth-order valence-corrected chi connectivity index (χ4v) is 3.19. The molecule has 3 N–H and O–H groups in total. The summed E-state index contributed by atoms with van der Waals surface area (Å²) < 4.78 is 41.7. The second-order valence-electron chi connectivity index (χ2n) is 7.30. The van der Waals surface area contributed by atoms with Crippen LogP contribution in [0.15, 0.2) is 41.3 Å². The van der Waals surface area contributed by atoms with Gasteiger partial charge in [0.25, 0.3) is 5.56 Å². The van der Waals surface area contributed by atoms with Crippen LogP contribution in [0.25, 0.3) is 10.8 Å². The molecular formula is C21H21F3N6O2. The molecule has 0 fully saturated rings. The maximum Gasteiger partial charge on any atom is 0.416 e. The highest BCUT2D eigenvalue weighted by Gasteiger charge is 2.31. The van der Waals surface area contributed by atoms with Gasteiger partial charge in [-0.1, -0.05) is 13.8 Å². The first-order valence-corrected chi connectivity index (χ1v) is 9.74. The minimum atomic E-state index is -4.56. The molecule has 0 aliphatic heterocycles. The zero-order valence-corrected chi connectivity index (χ0v) is 17.3. The summed E-state index contributed by atoms with van der Waals surface area (Å²) in [5.74, 6) is -0.831. The van der Waals surface area contributed by atoms with Crippen molar-refractivity contribution in [3.63, 3.8) is 0 Å². The van der Waals surface area contributed by atoms with Crippen molar-refractivity contribution in [2.45, 2.75) is 38.9 Å². The van der Waals surface area contributed by atoms with E-state index in [2.05, 4.69) is 10.4 Å². The summed E-state index contributed by atoms with van der Waals surface area (Å²) in [5, 5.41) is 21.9. The maximum absolute atomic E-state index is 13.2. The molecule has 1 aromatic carbocycles. The van der Waals surface area contributed by atoms with Gasteiger partial charge >= 0.3 is 6.18 Å². The summed E-state index contributed by atoms with van der Waals surface area (Å²) in [6.45, 7) is 3.18. The molecule has 0 aliphatic carbocycles. The smallest absolute Gasteiger partial charge is 0.323 e. The number of alkyl halides is 3. The minimum Gasteiger partial charge on any atom is -0.323 e. The average Bonchev–Trinajstić information content (AvgIpc) is 2.75. The molecule has 0 bridgehead atoms. The van der Waals surface area contributed by atoms with E-state index in [0.717, 1.165) is 29.2 Å². The number of hydrogen-bond acceptors (Lipinski definition) is 5. The number of pyridine rings is 1. The van der Waals surface area contributed by atoms with Gasteiger partial charge < -0.3 is 5.32 Å². The first kappa shape index (κ1) is 22.9. The van der Waals surface area contributed by atoms with Crippen LogP contribution in [0.3, 0.4) is 0 Å². The molecule has 2 aromatic heterocycles. The average molecular weight is 446 g/mol. The third kappa shape index (κ3) is 4.61. The van der Waals surface area contributed by atoms with Gasteiger partial charge in [0, 0.05) is 17.5 Å². The van der Waals surface area contributed by atoms with E-state index in [1.54, 1.807) is 6.92 Å². The molecule has 2 heterocycles. The lowest BCUT2D eigenvalue weighted by Crippen LogP contribution is -2.31. The number of benzene rings is 1. The third-order valence-corrected chi connectivity index (χ3v) is 5.09. The van der Waals surface area contributed by atoms with Crippen molar-refractivity contribution in [1.29, 1.82) is 10.8 Å².